The Morgan fingerprint density at radius 2 is 1.77 bits per heavy atom. The predicted octanol–water partition coefficient (Wildman–Crippen LogP) is 3.24. The number of nitrogens with one attached hydrogen (secondary N) is 2. The number of anilines is 1. The van der Waals surface area contributed by atoms with Gasteiger partial charge in [0.15, 0.2) is 0 Å². The highest BCUT2D eigenvalue weighted by molar-refractivity contribution is 6.39. The molecule has 0 unspecified atom stereocenters. The summed E-state index contributed by atoms with van der Waals surface area (Å²) in [6.07, 6.45) is 4.51. The van der Waals surface area contributed by atoms with Crippen LogP contribution in [0.3, 0.4) is 0 Å². The van der Waals surface area contributed by atoms with Crippen LogP contribution in [0.5, 0.6) is 0 Å². The second-order valence-corrected chi connectivity index (χ2v) is 7.77. The number of pyridine rings is 1. The summed E-state index contributed by atoms with van der Waals surface area (Å²) in [4.78, 5) is 31.5. The Labute approximate surface area is 182 Å². The molecule has 1 atom stereocenters. The molecule has 3 aromatic rings. The van der Waals surface area contributed by atoms with Crippen LogP contribution in [0.1, 0.15) is 28.3 Å². The third-order valence-corrected chi connectivity index (χ3v) is 5.73. The van der Waals surface area contributed by atoms with Crippen LogP contribution >= 0.6 is 0 Å². The summed E-state index contributed by atoms with van der Waals surface area (Å²) < 4.78 is 0. The standard InChI is InChI=1S/C25H26N4O2/c1-18-7-2-5-11-22(18)28-25(31)24(30)27-16-23(20-10-6-13-26-15-20)29-14-12-19-8-3-4-9-21(19)17-29/h2-11,13,15,23H,12,14,16-17H2,1H3,(H,27,30)(H,28,31)/t23-/m1/s1. The third-order valence-electron chi connectivity index (χ3n) is 5.73. The van der Waals surface area contributed by atoms with Crippen LogP contribution < -0.4 is 10.6 Å². The van der Waals surface area contributed by atoms with E-state index in [2.05, 4.69) is 44.8 Å². The molecule has 0 saturated heterocycles. The van der Waals surface area contributed by atoms with Gasteiger partial charge in [-0.2, -0.15) is 0 Å². The van der Waals surface area contributed by atoms with Gasteiger partial charge in [-0.3, -0.25) is 19.5 Å². The molecule has 1 aliphatic rings. The number of amides is 2. The molecular weight excluding hydrogens is 388 g/mol. The highest BCUT2D eigenvalue weighted by Crippen LogP contribution is 2.27. The predicted molar refractivity (Wildman–Crippen MR) is 120 cm³/mol. The van der Waals surface area contributed by atoms with Crippen molar-refractivity contribution < 1.29 is 9.59 Å². The second kappa shape index (κ2) is 9.53. The van der Waals surface area contributed by atoms with Crippen LogP contribution in [0.25, 0.3) is 0 Å². The Morgan fingerprint density at radius 1 is 1.00 bits per heavy atom. The van der Waals surface area contributed by atoms with Crippen molar-refractivity contribution >= 4 is 17.5 Å². The van der Waals surface area contributed by atoms with Gasteiger partial charge in [-0.15, -0.1) is 0 Å². The van der Waals surface area contributed by atoms with E-state index in [1.165, 1.54) is 11.1 Å². The molecule has 0 saturated carbocycles. The van der Waals surface area contributed by atoms with Gasteiger partial charge < -0.3 is 10.6 Å². The molecule has 31 heavy (non-hydrogen) atoms. The molecule has 2 heterocycles. The minimum Gasteiger partial charge on any atom is -0.346 e. The molecule has 6 heteroatoms. The van der Waals surface area contributed by atoms with Crippen molar-refractivity contribution in [3.05, 3.63) is 95.3 Å². The number of carbonyl (C=O) groups excluding carboxylic acids is 2. The van der Waals surface area contributed by atoms with Gasteiger partial charge in [0.1, 0.15) is 0 Å². The lowest BCUT2D eigenvalue weighted by Crippen LogP contribution is -2.43. The van der Waals surface area contributed by atoms with Crippen molar-refractivity contribution in [2.45, 2.75) is 25.9 Å². The average molecular weight is 415 g/mol. The summed E-state index contributed by atoms with van der Waals surface area (Å²) in [5.74, 6) is -1.31. The fourth-order valence-electron chi connectivity index (χ4n) is 3.98. The first-order valence-electron chi connectivity index (χ1n) is 10.5. The Balaban J connectivity index is 1.45. The Hall–Kier alpha value is -3.51. The van der Waals surface area contributed by atoms with Crippen molar-refractivity contribution in [1.29, 1.82) is 0 Å². The van der Waals surface area contributed by atoms with Gasteiger partial charge >= 0.3 is 11.8 Å². The van der Waals surface area contributed by atoms with Gasteiger partial charge in [-0.05, 0) is 47.7 Å². The fourth-order valence-corrected chi connectivity index (χ4v) is 3.98. The lowest BCUT2D eigenvalue weighted by atomic mass is 9.97. The Kier molecular flexibility index (Phi) is 6.38. The average Bonchev–Trinajstić information content (AvgIpc) is 2.81. The van der Waals surface area contributed by atoms with E-state index >= 15 is 0 Å². The van der Waals surface area contributed by atoms with E-state index < -0.39 is 11.8 Å². The number of fused-ring (bicyclic) bond motifs is 1. The molecule has 2 N–H and O–H groups in total. The van der Waals surface area contributed by atoms with Crippen LogP contribution in [0.15, 0.2) is 73.1 Å². The number of nitrogens with zero attached hydrogens (tertiary/aromatic N) is 2. The van der Waals surface area contributed by atoms with Crippen molar-refractivity contribution in [2.24, 2.45) is 0 Å². The monoisotopic (exact) mass is 414 g/mol. The zero-order valence-corrected chi connectivity index (χ0v) is 17.5. The molecule has 158 valence electrons. The summed E-state index contributed by atoms with van der Waals surface area (Å²) >= 11 is 0. The minimum atomic E-state index is -0.664. The number of hydrogen-bond donors (Lipinski definition) is 2. The van der Waals surface area contributed by atoms with E-state index in [1.807, 2.05) is 43.5 Å². The van der Waals surface area contributed by atoms with Crippen LogP contribution in [0.4, 0.5) is 5.69 Å². The van der Waals surface area contributed by atoms with Crippen molar-refractivity contribution in [2.75, 3.05) is 18.4 Å². The fraction of sp³-hybridized carbons (Fsp3) is 0.240. The zero-order valence-electron chi connectivity index (χ0n) is 17.5. The molecule has 2 aromatic carbocycles. The number of hydrogen-bond acceptors (Lipinski definition) is 4. The van der Waals surface area contributed by atoms with Gasteiger partial charge in [0.05, 0.1) is 6.04 Å². The molecule has 6 nitrogen and oxygen atoms in total. The van der Waals surface area contributed by atoms with Crippen LogP contribution in [0.2, 0.25) is 0 Å². The summed E-state index contributed by atoms with van der Waals surface area (Å²) in [6.45, 7) is 3.89. The van der Waals surface area contributed by atoms with Crippen LogP contribution in [-0.2, 0) is 22.6 Å². The van der Waals surface area contributed by atoms with E-state index in [4.69, 9.17) is 0 Å². The van der Waals surface area contributed by atoms with Crippen LogP contribution in [-0.4, -0.2) is 34.8 Å². The lowest BCUT2D eigenvalue weighted by Gasteiger charge is -2.35. The normalized spacial score (nSPS) is 14.4. The third kappa shape index (κ3) is 4.98. The number of para-hydroxylation sites is 1. The number of carbonyl (C=O) groups is 2. The molecule has 0 spiro atoms. The SMILES string of the molecule is Cc1ccccc1NC(=O)C(=O)NC[C@H](c1cccnc1)N1CCc2ccccc2C1. The number of rotatable bonds is 5. The molecule has 0 bridgehead atoms. The van der Waals surface area contributed by atoms with E-state index in [-0.39, 0.29) is 6.04 Å². The lowest BCUT2D eigenvalue weighted by molar-refractivity contribution is -0.136. The van der Waals surface area contributed by atoms with Crippen molar-refractivity contribution in [3.63, 3.8) is 0 Å². The largest absolute Gasteiger partial charge is 0.346 e. The topological polar surface area (TPSA) is 74.3 Å². The van der Waals surface area contributed by atoms with Crippen LogP contribution in [0, 0.1) is 6.92 Å². The first-order chi connectivity index (χ1) is 15.1. The Bertz CT molecular complexity index is 1070. The van der Waals surface area contributed by atoms with E-state index in [1.54, 1.807) is 12.3 Å². The zero-order chi connectivity index (χ0) is 21.6. The van der Waals surface area contributed by atoms with Gasteiger partial charge in [-0.1, -0.05) is 48.5 Å². The quantitative estimate of drug-likeness (QED) is 0.629. The van der Waals surface area contributed by atoms with E-state index in [9.17, 15) is 9.59 Å². The summed E-state index contributed by atoms with van der Waals surface area (Å²) in [5.41, 5.74) is 5.22. The molecule has 4 rings (SSSR count). The van der Waals surface area contributed by atoms with Gasteiger partial charge in [-0.25, -0.2) is 0 Å². The van der Waals surface area contributed by atoms with Crippen molar-refractivity contribution in [1.82, 2.24) is 15.2 Å². The first kappa shape index (κ1) is 20.8. The van der Waals surface area contributed by atoms with Gasteiger partial charge in [0.25, 0.3) is 0 Å². The van der Waals surface area contributed by atoms with E-state index in [0.717, 1.165) is 30.6 Å². The second-order valence-electron chi connectivity index (χ2n) is 7.77. The molecule has 0 aliphatic carbocycles. The molecule has 2 amide bonds. The molecule has 1 aliphatic heterocycles. The smallest absolute Gasteiger partial charge is 0.313 e. The number of benzene rings is 2. The summed E-state index contributed by atoms with van der Waals surface area (Å²) in [7, 11) is 0. The maximum absolute atomic E-state index is 12.5. The molecular formula is C25H26N4O2. The highest BCUT2D eigenvalue weighted by atomic mass is 16.2. The van der Waals surface area contributed by atoms with Gasteiger partial charge in [0.2, 0.25) is 0 Å². The number of aromatic nitrogens is 1. The highest BCUT2D eigenvalue weighted by Gasteiger charge is 2.26. The molecule has 0 radical (unpaired) electrons. The minimum absolute atomic E-state index is 0.0720. The van der Waals surface area contributed by atoms with Crippen molar-refractivity contribution in [3.8, 4) is 0 Å². The first-order valence-corrected chi connectivity index (χ1v) is 10.5. The maximum Gasteiger partial charge on any atom is 0.313 e. The van der Waals surface area contributed by atoms with E-state index in [0.29, 0.717) is 12.2 Å². The molecule has 0 fully saturated rings. The van der Waals surface area contributed by atoms with Gasteiger partial charge in [0, 0.05) is 37.7 Å². The Morgan fingerprint density at radius 3 is 2.55 bits per heavy atom. The summed E-state index contributed by atoms with van der Waals surface area (Å²) in [6, 6.07) is 19.7. The number of aryl methyl sites for hydroxylation is 1. The molecule has 1 aromatic heterocycles. The summed E-state index contributed by atoms with van der Waals surface area (Å²) in [5, 5.41) is 5.51. The maximum atomic E-state index is 12.5.